The number of nitrogens with one attached hydrogen (secondary N) is 1. The Labute approximate surface area is 145 Å². The highest BCUT2D eigenvalue weighted by Crippen LogP contribution is 2.35. The van der Waals surface area contributed by atoms with Gasteiger partial charge < -0.3 is 19.4 Å². The third-order valence-electron chi connectivity index (χ3n) is 4.76. The molecule has 5 nitrogen and oxygen atoms in total. The lowest BCUT2D eigenvalue weighted by atomic mass is 10.1. The lowest BCUT2D eigenvalue weighted by molar-refractivity contribution is 0.0437. The van der Waals surface area contributed by atoms with Gasteiger partial charge in [-0.25, -0.2) is 4.79 Å². The van der Waals surface area contributed by atoms with Crippen LogP contribution in [0, 0.1) is 0 Å². The fourth-order valence-corrected chi connectivity index (χ4v) is 4.26. The van der Waals surface area contributed by atoms with Crippen molar-refractivity contribution >= 4 is 17.4 Å². The van der Waals surface area contributed by atoms with E-state index in [-0.39, 0.29) is 18.2 Å². The van der Waals surface area contributed by atoms with Gasteiger partial charge in [0.1, 0.15) is 11.9 Å². The molecule has 128 valence electrons. The largest absolute Gasteiger partial charge is 0.467 e. The summed E-state index contributed by atoms with van der Waals surface area (Å²) in [5.41, 5.74) is 1.23. The molecule has 0 saturated heterocycles. The molecule has 2 unspecified atom stereocenters. The first kappa shape index (κ1) is 15.7. The number of hydrogen-bond donors (Lipinski definition) is 1. The summed E-state index contributed by atoms with van der Waals surface area (Å²) < 4.78 is 11.3. The van der Waals surface area contributed by atoms with Crippen LogP contribution in [0.2, 0.25) is 0 Å². The monoisotopic (exact) mass is 346 g/mol. The molecule has 1 saturated carbocycles. The van der Waals surface area contributed by atoms with Crippen LogP contribution in [0.4, 0.5) is 4.79 Å². The van der Waals surface area contributed by atoms with Crippen LogP contribution in [-0.2, 0) is 11.2 Å². The third-order valence-corrected chi connectivity index (χ3v) is 5.76. The first-order chi connectivity index (χ1) is 11.7. The number of nitrogens with zero attached hydrogens (tertiary/aromatic N) is 1. The number of furan rings is 1. The van der Waals surface area contributed by atoms with Crippen molar-refractivity contribution < 1.29 is 13.9 Å². The number of carbonyl (C=O) groups excluding carboxylic acids is 1. The summed E-state index contributed by atoms with van der Waals surface area (Å²) in [4.78, 5) is 16.1. The predicted molar refractivity (Wildman–Crippen MR) is 92.1 cm³/mol. The van der Waals surface area contributed by atoms with Gasteiger partial charge in [-0.15, -0.1) is 11.3 Å². The zero-order chi connectivity index (χ0) is 16.5. The van der Waals surface area contributed by atoms with Crippen LogP contribution in [0.5, 0.6) is 0 Å². The minimum absolute atomic E-state index is 0.0349. The quantitative estimate of drug-likeness (QED) is 0.893. The van der Waals surface area contributed by atoms with E-state index in [0.29, 0.717) is 12.6 Å². The van der Waals surface area contributed by atoms with Gasteiger partial charge in [-0.3, -0.25) is 0 Å². The topological polar surface area (TPSA) is 54.7 Å². The lowest BCUT2D eigenvalue weighted by Gasteiger charge is -2.30. The maximum atomic E-state index is 12.8. The van der Waals surface area contributed by atoms with Gasteiger partial charge in [0.2, 0.25) is 0 Å². The Balaban J connectivity index is 1.41. The first-order valence-corrected chi connectivity index (χ1v) is 9.39. The molecule has 24 heavy (non-hydrogen) atoms. The zero-order valence-corrected chi connectivity index (χ0v) is 14.6. The summed E-state index contributed by atoms with van der Waals surface area (Å²) in [5.74, 6) is 0.825. The van der Waals surface area contributed by atoms with Crippen molar-refractivity contribution in [2.75, 3.05) is 13.2 Å². The van der Waals surface area contributed by atoms with Gasteiger partial charge in [-0.1, -0.05) is 0 Å². The van der Waals surface area contributed by atoms with Crippen LogP contribution in [0.3, 0.4) is 0 Å². The van der Waals surface area contributed by atoms with Crippen LogP contribution in [-0.4, -0.2) is 30.1 Å². The van der Waals surface area contributed by atoms with Crippen LogP contribution in [0.25, 0.3) is 0 Å². The molecule has 2 atom stereocenters. The summed E-state index contributed by atoms with van der Waals surface area (Å²) >= 11 is 1.77. The van der Waals surface area contributed by atoms with Crippen molar-refractivity contribution in [1.82, 2.24) is 10.2 Å². The molecule has 2 aromatic rings. The van der Waals surface area contributed by atoms with E-state index in [1.807, 2.05) is 24.0 Å². The number of rotatable bonds is 5. The Morgan fingerprint density at radius 2 is 2.33 bits per heavy atom. The van der Waals surface area contributed by atoms with Crippen molar-refractivity contribution in [2.24, 2.45) is 0 Å². The number of urea groups is 1. The highest BCUT2D eigenvalue weighted by molar-refractivity contribution is 7.10. The molecule has 1 N–H and O–H groups in total. The molecule has 2 aromatic heterocycles. The lowest BCUT2D eigenvalue weighted by Crippen LogP contribution is -2.44. The maximum absolute atomic E-state index is 12.8. The average Bonchev–Trinajstić information content (AvgIpc) is 3.09. The molecule has 1 aliphatic heterocycles. The second-order valence-electron chi connectivity index (χ2n) is 6.42. The first-order valence-electron chi connectivity index (χ1n) is 8.51. The van der Waals surface area contributed by atoms with Gasteiger partial charge in [-0.2, -0.15) is 0 Å². The number of fused-ring (bicyclic) bond motifs is 1. The van der Waals surface area contributed by atoms with Gasteiger partial charge in [0.05, 0.1) is 18.9 Å². The Hall–Kier alpha value is -1.79. The number of amides is 2. The minimum atomic E-state index is -0.0588. The molecule has 1 aliphatic carbocycles. The molecular weight excluding hydrogens is 324 g/mol. The molecule has 0 aromatic carbocycles. The van der Waals surface area contributed by atoms with E-state index in [1.165, 1.54) is 10.4 Å². The Bertz CT molecular complexity index is 693. The summed E-state index contributed by atoms with van der Waals surface area (Å²) in [6.45, 7) is 3.25. The van der Waals surface area contributed by atoms with E-state index < -0.39 is 0 Å². The van der Waals surface area contributed by atoms with E-state index in [9.17, 15) is 4.79 Å². The van der Waals surface area contributed by atoms with Crippen molar-refractivity contribution in [1.29, 1.82) is 0 Å². The van der Waals surface area contributed by atoms with Gasteiger partial charge in [0.15, 0.2) is 0 Å². The van der Waals surface area contributed by atoms with Crippen molar-refractivity contribution in [3.63, 3.8) is 0 Å². The Morgan fingerprint density at radius 3 is 3.08 bits per heavy atom. The Kier molecular flexibility index (Phi) is 4.33. The molecule has 2 amide bonds. The fraction of sp³-hybridized carbons (Fsp3) is 0.500. The summed E-state index contributed by atoms with van der Waals surface area (Å²) in [6, 6.07) is 6.12. The van der Waals surface area contributed by atoms with E-state index in [1.54, 1.807) is 17.6 Å². The maximum Gasteiger partial charge on any atom is 0.318 e. The molecule has 4 rings (SSSR count). The van der Waals surface area contributed by atoms with E-state index in [4.69, 9.17) is 9.15 Å². The van der Waals surface area contributed by atoms with Crippen LogP contribution >= 0.6 is 11.3 Å². The highest BCUT2D eigenvalue weighted by atomic mass is 32.1. The second kappa shape index (κ2) is 6.61. The Morgan fingerprint density at radius 1 is 1.46 bits per heavy atom. The summed E-state index contributed by atoms with van der Waals surface area (Å²) in [7, 11) is 0. The van der Waals surface area contributed by atoms with E-state index >= 15 is 0 Å². The smallest absolute Gasteiger partial charge is 0.318 e. The average molecular weight is 346 g/mol. The van der Waals surface area contributed by atoms with Crippen LogP contribution < -0.4 is 5.32 Å². The van der Waals surface area contributed by atoms with Crippen LogP contribution in [0.15, 0.2) is 34.3 Å². The second-order valence-corrected chi connectivity index (χ2v) is 7.43. The highest BCUT2D eigenvalue weighted by Gasteiger charge is 2.37. The van der Waals surface area contributed by atoms with Crippen molar-refractivity contribution in [3.8, 4) is 0 Å². The van der Waals surface area contributed by atoms with Gasteiger partial charge in [0.25, 0.3) is 0 Å². The number of hydrogen-bond acceptors (Lipinski definition) is 4. The predicted octanol–water partition coefficient (Wildman–Crippen LogP) is 3.89. The molecule has 1 fully saturated rings. The molecular formula is C18H22N2O3S. The molecule has 3 heterocycles. The standard InChI is InChI=1S/C18H22N2O3S/c1-12(15-3-2-8-22-15)20(13-4-5-13)18(21)19-11-16-14-7-10-24-17(14)6-9-23-16/h2-3,7-8,10,12-13,16H,4-6,9,11H2,1H3,(H,19,21). The fourth-order valence-electron chi connectivity index (χ4n) is 3.34. The zero-order valence-electron chi connectivity index (χ0n) is 13.7. The van der Waals surface area contributed by atoms with Gasteiger partial charge in [0, 0.05) is 23.9 Å². The normalized spacial score (nSPS) is 21.1. The van der Waals surface area contributed by atoms with E-state index in [2.05, 4.69) is 16.8 Å². The van der Waals surface area contributed by atoms with Gasteiger partial charge in [-0.05, 0) is 48.9 Å². The van der Waals surface area contributed by atoms with Gasteiger partial charge >= 0.3 is 6.03 Å². The van der Waals surface area contributed by atoms with Crippen molar-refractivity contribution in [3.05, 3.63) is 46.0 Å². The molecule has 0 radical (unpaired) electrons. The summed E-state index contributed by atoms with van der Waals surface area (Å²) in [5, 5.41) is 5.17. The molecule has 0 bridgehead atoms. The number of ether oxygens (including phenoxy) is 1. The third kappa shape index (κ3) is 3.08. The SMILES string of the molecule is CC(c1ccco1)N(C(=O)NCC1OCCc2sccc21)C1CC1. The number of thiophene rings is 1. The van der Waals surface area contributed by atoms with Crippen molar-refractivity contribution in [2.45, 2.75) is 44.4 Å². The van der Waals surface area contributed by atoms with Crippen LogP contribution in [0.1, 0.15) is 48.1 Å². The van der Waals surface area contributed by atoms with E-state index in [0.717, 1.165) is 31.6 Å². The minimum Gasteiger partial charge on any atom is -0.467 e. The molecule has 6 heteroatoms. The number of carbonyl (C=O) groups is 1. The summed E-state index contributed by atoms with van der Waals surface area (Å²) in [6.07, 6.45) is 4.72. The molecule has 2 aliphatic rings. The molecule has 0 spiro atoms.